The van der Waals surface area contributed by atoms with Crippen LogP contribution in [0.2, 0.25) is 0 Å². The van der Waals surface area contributed by atoms with Crippen LogP contribution in [-0.4, -0.2) is 17.7 Å². The second-order valence-corrected chi connectivity index (χ2v) is 1.57. The number of hydrogen-bond acceptors (Lipinski definition) is 3. The van der Waals surface area contributed by atoms with E-state index in [4.69, 9.17) is 5.11 Å². The lowest BCUT2D eigenvalue weighted by atomic mass is 10.2. The Morgan fingerprint density at radius 2 is 2.50 bits per heavy atom. The Morgan fingerprint density at radius 1 is 2.00 bits per heavy atom. The number of carbonyl (C=O) groups is 1. The van der Waals surface area contributed by atoms with Gasteiger partial charge in [-0.3, -0.25) is 4.79 Å². The number of carboxylic acids is 1. The van der Waals surface area contributed by atoms with Crippen LogP contribution in [0.5, 0.6) is 0 Å². The first-order chi connectivity index (χ1) is 3.68. The highest BCUT2D eigenvalue weighted by Crippen LogP contribution is 1.91. The molecule has 4 heteroatoms. The fourth-order valence-corrected chi connectivity index (χ4v) is 0.216. The molecule has 0 bridgehead atoms. The number of nitrogens with two attached hydrogens (primary N) is 1. The lowest BCUT2D eigenvalue weighted by Crippen LogP contribution is -2.18. The summed E-state index contributed by atoms with van der Waals surface area (Å²) in [7, 11) is 0. The van der Waals surface area contributed by atoms with Crippen molar-refractivity contribution in [3.63, 3.8) is 0 Å². The first-order valence-electron chi connectivity index (χ1n) is 2.23. The van der Waals surface area contributed by atoms with Gasteiger partial charge in [0.25, 0.3) is 0 Å². The Morgan fingerprint density at radius 3 is 2.62 bits per heavy atom. The summed E-state index contributed by atoms with van der Waals surface area (Å²) in [5, 5.41) is 8.18. The summed E-state index contributed by atoms with van der Waals surface area (Å²) in [5.41, 5.74) is 0. The molecule has 0 saturated heterocycles. The van der Waals surface area contributed by atoms with Crippen molar-refractivity contribution in [3.05, 3.63) is 0 Å². The van der Waals surface area contributed by atoms with Crippen LogP contribution in [0, 0.1) is 5.92 Å². The molecule has 1 unspecified atom stereocenters. The lowest BCUT2D eigenvalue weighted by Gasteiger charge is -2.00. The van der Waals surface area contributed by atoms with Gasteiger partial charge in [-0.2, -0.15) is 0 Å². The average molecular weight is 119 g/mol. The van der Waals surface area contributed by atoms with Crippen LogP contribution in [-0.2, 0) is 9.63 Å². The molecule has 0 rings (SSSR count). The van der Waals surface area contributed by atoms with Gasteiger partial charge in [0.1, 0.15) is 0 Å². The van der Waals surface area contributed by atoms with Crippen molar-refractivity contribution in [3.8, 4) is 0 Å². The van der Waals surface area contributed by atoms with Gasteiger partial charge in [0.15, 0.2) is 0 Å². The monoisotopic (exact) mass is 119 g/mol. The minimum Gasteiger partial charge on any atom is -0.481 e. The predicted octanol–water partition coefficient (Wildman–Crippen LogP) is -0.403. The van der Waals surface area contributed by atoms with Crippen LogP contribution < -0.4 is 5.90 Å². The van der Waals surface area contributed by atoms with Gasteiger partial charge < -0.3 is 9.94 Å². The fraction of sp³-hybridized carbons (Fsp3) is 0.750. The molecule has 0 aromatic carbocycles. The van der Waals surface area contributed by atoms with Gasteiger partial charge in [0.2, 0.25) is 0 Å². The Balaban J connectivity index is 3.32. The molecule has 0 fully saturated rings. The van der Waals surface area contributed by atoms with Crippen LogP contribution in [0.3, 0.4) is 0 Å². The van der Waals surface area contributed by atoms with E-state index >= 15 is 0 Å². The number of hydrogen-bond donors (Lipinski definition) is 2. The third kappa shape index (κ3) is 2.54. The molecule has 0 heterocycles. The zero-order valence-electron chi connectivity index (χ0n) is 4.63. The molecule has 3 N–H and O–H groups in total. The minimum absolute atomic E-state index is 0.0648. The highest BCUT2D eigenvalue weighted by atomic mass is 16.6. The summed E-state index contributed by atoms with van der Waals surface area (Å²) >= 11 is 0. The van der Waals surface area contributed by atoms with E-state index in [0.29, 0.717) is 0 Å². The van der Waals surface area contributed by atoms with E-state index in [1.807, 2.05) is 0 Å². The molecule has 4 nitrogen and oxygen atoms in total. The number of aliphatic carboxylic acids is 1. The summed E-state index contributed by atoms with van der Waals surface area (Å²) in [6, 6.07) is 0. The molecule has 0 aromatic rings. The zero-order chi connectivity index (χ0) is 6.57. The first kappa shape index (κ1) is 7.39. The summed E-state index contributed by atoms with van der Waals surface area (Å²) in [4.78, 5) is 14.0. The summed E-state index contributed by atoms with van der Waals surface area (Å²) in [6.45, 7) is 1.59. The van der Waals surface area contributed by atoms with Gasteiger partial charge in [-0.15, -0.1) is 0 Å². The van der Waals surface area contributed by atoms with E-state index in [9.17, 15) is 4.79 Å². The van der Waals surface area contributed by atoms with Crippen LogP contribution in [0.25, 0.3) is 0 Å². The Bertz CT molecular complexity index is 83.4. The molecule has 0 saturated carbocycles. The van der Waals surface area contributed by atoms with Gasteiger partial charge in [0.05, 0.1) is 12.5 Å². The maximum absolute atomic E-state index is 9.95. The second kappa shape index (κ2) is 3.40. The van der Waals surface area contributed by atoms with E-state index in [-0.39, 0.29) is 6.61 Å². The molecule has 0 aromatic heterocycles. The summed E-state index contributed by atoms with van der Waals surface area (Å²) in [6.07, 6.45) is 0. The molecule has 0 aliphatic carbocycles. The minimum atomic E-state index is -0.893. The van der Waals surface area contributed by atoms with Gasteiger partial charge in [-0.25, -0.2) is 5.90 Å². The highest BCUT2D eigenvalue weighted by Gasteiger charge is 2.08. The fourth-order valence-electron chi connectivity index (χ4n) is 0.216. The molecular weight excluding hydrogens is 110 g/mol. The van der Waals surface area contributed by atoms with Crippen molar-refractivity contribution >= 4 is 5.97 Å². The average Bonchev–Trinajstić information content (AvgIpc) is 1.67. The maximum Gasteiger partial charge on any atom is 0.308 e. The summed E-state index contributed by atoms with van der Waals surface area (Å²) in [5.74, 6) is 3.20. The number of carboxylic acid groups (broad SMARTS) is 1. The maximum atomic E-state index is 9.95. The van der Waals surface area contributed by atoms with Crippen molar-refractivity contribution in [2.45, 2.75) is 6.92 Å². The third-order valence-corrected chi connectivity index (χ3v) is 0.768. The molecule has 1 atom stereocenters. The topological polar surface area (TPSA) is 72.5 Å². The van der Waals surface area contributed by atoms with E-state index in [1.54, 1.807) is 0 Å². The third-order valence-electron chi connectivity index (χ3n) is 0.768. The van der Waals surface area contributed by atoms with Gasteiger partial charge >= 0.3 is 5.97 Å². The normalized spacial score (nSPS) is 13.2. The molecule has 0 radical (unpaired) electrons. The van der Waals surface area contributed by atoms with E-state index in [0.717, 1.165) is 0 Å². The molecule has 0 amide bonds. The quantitative estimate of drug-likeness (QED) is 0.496. The van der Waals surface area contributed by atoms with E-state index in [1.165, 1.54) is 6.92 Å². The van der Waals surface area contributed by atoms with Crippen molar-refractivity contribution in [2.24, 2.45) is 11.8 Å². The van der Waals surface area contributed by atoms with Gasteiger partial charge in [0, 0.05) is 0 Å². The van der Waals surface area contributed by atoms with Gasteiger partial charge in [-0.05, 0) is 6.92 Å². The Kier molecular flexibility index (Phi) is 3.14. The van der Waals surface area contributed by atoms with Crippen LogP contribution in [0.4, 0.5) is 0 Å². The first-order valence-corrected chi connectivity index (χ1v) is 2.23. The standard InChI is InChI=1S/C4H9NO3/c1-3(2-8-5)4(6)7/h3H,2,5H2,1H3,(H,6,7). The van der Waals surface area contributed by atoms with Crippen LogP contribution >= 0.6 is 0 Å². The van der Waals surface area contributed by atoms with Crippen molar-refractivity contribution in [2.75, 3.05) is 6.61 Å². The SMILES string of the molecule is CC(CON)C(=O)O. The Hall–Kier alpha value is -0.610. The highest BCUT2D eigenvalue weighted by molar-refractivity contribution is 5.69. The largest absolute Gasteiger partial charge is 0.481 e. The molecular formula is C4H9NO3. The molecule has 0 aliphatic rings. The second-order valence-electron chi connectivity index (χ2n) is 1.57. The molecule has 0 aliphatic heterocycles. The van der Waals surface area contributed by atoms with Crippen LogP contribution in [0.1, 0.15) is 6.92 Å². The van der Waals surface area contributed by atoms with Crippen molar-refractivity contribution in [1.82, 2.24) is 0 Å². The molecule has 48 valence electrons. The predicted molar refractivity (Wildman–Crippen MR) is 26.9 cm³/mol. The van der Waals surface area contributed by atoms with E-state index < -0.39 is 11.9 Å². The van der Waals surface area contributed by atoms with Crippen molar-refractivity contribution in [1.29, 1.82) is 0 Å². The Labute approximate surface area is 47.2 Å². The lowest BCUT2D eigenvalue weighted by molar-refractivity contribution is -0.143. The number of rotatable bonds is 3. The van der Waals surface area contributed by atoms with E-state index in [2.05, 4.69) is 10.7 Å². The van der Waals surface area contributed by atoms with Gasteiger partial charge in [-0.1, -0.05) is 0 Å². The van der Waals surface area contributed by atoms with Crippen molar-refractivity contribution < 1.29 is 14.7 Å². The van der Waals surface area contributed by atoms with Crippen LogP contribution in [0.15, 0.2) is 0 Å². The molecule has 8 heavy (non-hydrogen) atoms. The summed E-state index contributed by atoms with van der Waals surface area (Å²) < 4.78 is 0. The zero-order valence-corrected chi connectivity index (χ0v) is 4.63. The molecule has 0 spiro atoms. The smallest absolute Gasteiger partial charge is 0.308 e.